The van der Waals surface area contributed by atoms with Gasteiger partial charge in [0.05, 0.1) is 21.9 Å². The Labute approximate surface area is 203 Å². The molecular formula is C26H18N4O4S. The summed E-state index contributed by atoms with van der Waals surface area (Å²) in [5.41, 5.74) is 7.12. The first-order valence-corrected chi connectivity index (χ1v) is 11.5. The summed E-state index contributed by atoms with van der Waals surface area (Å²) in [5, 5.41) is 18.7. The molecule has 0 unspecified atom stereocenters. The molecule has 0 aliphatic heterocycles. The lowest BCUT2D eigenvalue weighted by Gasteiger charge is -2.08. The highest BCUT2D eigenvalue weighted by atomic mass is 32.1. The Hall–Kier alpha value is -4.63. The van der Waals surface area contributed by atoms with E-state index in [1.807, 2.05) is 49.4 Å². The number of aromatic nitrogens is 1. The molecule has 172 valence electrons. The van der Waals surface area contributed by atoms with Gasteiger partial charge in [0, 0.05) is 34.0 Å². The lowest BCUT2D eigenvalue weighted by atomic mass is 10.0. The lowest BCUT2D eigenvalue weighted by molar-refractivity contribution is -0.384. The fourth-order valence-electron chi connectivity index (χ4n) is 3.54. The molecule has 0 spiro atoms. The van der Waals surface area contributed by atoms with Crippen LogP contribution in [0.3, 0.4) is 0 Å². The van der Waals surface area contributed by atoms with Gasteiger partial charge >= 0.3 is 5.63 Å². The predicted octanol–water partition coefficient (Wildman–Crippen LogP) is 6.00. The largest absolute Gasteiger partial charge is 0.422 e. The van der Waals surface area contributed by atoms with Gasteiger partial charge in [-0.1, -0.05) is 48.0 Å². The zero-order chi connectivity index (χ0) is 24.4. The van der Waals surface area contributed by atoms with E-state index >= 15 is 0 Å². The molecule has 0 bridgehead atoms. The number of nitro benzene ring substituents is 1. The number of thiazole rings is 1. The number of benzene rings is 3. The van der Waals surface area contributed by atoms with Crippen molar-refractivity contribution in [2.24, 2.45) is 5.10 Å². The van der Waals surface area contributed by atoms with Crippen LogP contribution in [0.2, 0.25) is 0 Å². The first-order valence-electron chi connectivity index (χ1n) is 10.6. The van der Waals surface area contributed by atoms with Gasteiger partial charge < -0.3 is 4.42 Å². The van der Waals surface area contributed by atoms with Crippen molar-refractivity contribution in [3.8, 4) is 11.3 Å². The SMILES string of the molecule is Cc1ccc(/C(=N\Nc2nc(-c3cc4ccccc4oc3=O)cs2)c2ccc([N+](=O)[O-])cc2)cc1. The molecule has 9 heteroatoms. The molecule has 2 aromatic heterocycles. The number of nitro groups is 1. The summed E-state index contributed by atoms with van der Waals surface area (Å²) in [4.78, 5) is 27.6. The highest BCUT2D eigenvalue weighted by Crippen LogP contribution is 2.26. The van der Waals surface area contributed by atoms with Crippen LogP contribution in [0.4, 0.5) is 10.8 Å². The Kier molecular flexibility index (Phi) is 5.90. The molecule has 0 saturated carbocycles. The van der Waals surface area contributed by atoms with Crippen molar-refractivity contribution in [3.05, 3.63) is 121 Å². The molecule has 1 N–H and O–H groups in total. The Morgan fingerprint density at radius 3 is 2.43 bits per heavy atom. The summed E-state index contributed by atoms with van der Waals surface area (Å²) in [7, 11) is 0. The summed E-state index contributed by atoms with van der Waals surface area (Å²) >= 11 is 1.30. The third kappa shape index (κ3) is 4.71. The van der Waals surface area contributed by atoms with Crippen molar-refractivity contribution in [1.82, 2.24) is 4.98 Å². The molecule has 3 aromatic carbocycles. The second-order valence-corrected chi connectivity index (χ2v) is 8.62. The van der Waals surface area contributed by atoms with E-state index in [1.165, 1.54) is 23.5 Å². The molecule has 0 aliphatic carbocycles. The minimum Gasteiger partial charge on any atom is -0.422 e. The average Bonchev–Trinajstić information content (AvgIpc) is 3.34. The van der Waals surface area contributed by atoms with Crippen LogP contribution in [-0.2, 0) is 0 Å². The fraction of sp³-hybridized carbons (Fsp3) is 0.0385. The normalized spacial score (nSPS) is 11.5. The highest BCUT2D eigenvalue weighted by molar-refractivity contribution is 7.14. The number of nitrogens with one attached hydrogen (secondary N) is 1. The van der Waals surface area contributed by atoms with Crippen molar-refractivity contribution in [3.63, 3.8) is 0 Å². The number of nitrogens with zero attached hydrogens (tertiary/aromatic N) is 3. The molecule has 5 aromatic rings. The molecule has 5 rings (SSSR count). The summed E-state index contributed by atoms with van der Waals surface area (Å²) < 4.78 is 5.42. The quantitative estimate of drug-likeness (QED) is 0.138. The number of non-ortho nitro benzene ring substituents is 1. The van der Waals surface area contributed by atoms with E-state index in [0.717, 1.165) is 16.5 Å². The number of para-hydroxylation sites is 1. The molecule has 0 radical (unpaired) electrons. The van der Waals surface area contributed by atoms with Crippen LogP contribution in [0, 0.1) is 17.0 Å². The van der Waals surface area contributed by atoms with Crippen LogP contribution in [0.1, 0.15) is 16.7 Å². The molecule has 35 heavy (non-hydrogen) atoms. The van der Waals surface area contributed by atoms with Gasteiger partial charge in [-0.05, 0) is 31.2 Å². The summed E-state index contributed by atoms with van der Waals surface area (Å²) in [6.45, 7) is 1.99. The number of rotatable bonds is 6. The second kappa shape index (κ2) is 9.32. The van der Waals surface area contributed by atoms with Gasteiger partial charge in [-0.2, -0.15) is 5.10 Å². The van der Waals surface area contributed by atoms with Gasteiger partial charge in [0.1, 0.15) is 5.58 Å². The molecule has 0 amide bonds. The van der Waals surface area contributed by atoms with Crippen LogP contribution >= 0.6 is 11.3 Å². The topological polar surface area (TPSA) is 111 Å². The maximum absolute atomic E-state index is 12.5. The van der Waals surface area contributed by atoms with Crippen molar-refractivity contribution in [2.75, 3.05) is 5.43 Å². The lowest BCUT2D eigenvalue weighted by Crippen LogP contribution is -2.07. The van der Waals surface area contributed by atoms with E-state index in [1.54, 1.807) is 29.6 Å². The minimum absolute atomic E-state index is 0.00347. The number of hydrogen-bond donors (Lipinski definition) is 1. The zero-order valence-corrected chi connectivity index (χ0v) is 19.3. The van der Waals surface area contributed by atoms with Crippen molar-refractivity contribution in [1.29, 1.82) is 0 Å². The van der Waals surface area contributed by atoms with Gasteiger partial charge in [0.2, 0.25) is 5.13 Å². The first kappa shape index (κ1) is 22.2. The van der Waals surface area contributed by atoms with E-state index in [0.29, 0.717) is 33.2 Å². The molecule has 0 fully saturated rings. The molecule has 0 saturated heterocycles. The Bertz CT molecular complexity index is 1620. The zero-order valence-electron chi connectivity index (χ0n) is 18.5. The first-order chi connectivity index (χ1) is 17.0. The standard InChI is InChI=1S/C26H18N4O4S/c1-16-6-8-17(9-7-16)24(18-10-12-20(13-11-18)30(32)33)28-29-26-27-22(15-35-26)21-14-19-4-2-3-5-23(19)34-25(21)31/h2-15H,1H3,(H,27,29)/b28-24+. The molecule has 0 aliphatic rings. The van der Waals surface area contributed by atoms with E-state index in [9.17, 15) is 14.9 Å². The smallest absolute Gasteiger partial charge is 0.345 e. The van der Waals surface area contributed by atoms with E-state index < -0.39 is 10.5 Å². The number of anilines is 1. The highest BCUT2D eigenvalue weighted by Gasteiger charge is 2.13. The minimum atomic E-state index is -0.463. The molecular weight excluding hydrogens is 464 g/mol. The number of hydrazone groups is 1. The molecule has 8 nitrogen and oxygen atoms in total. The Morgan fingerprint density at radius 2 is 1.71 bits per heavy atom. The van der Waals surface area contributed by atoms with Crippen LogP contribution in [0.25, 0.3) is 22.2 Å². The third-order valence-corrected chi connectivity index (χ3v) is 6.11. The predicted molar refractivity (Wildman–Crippen MR) is 137 cm³/mol. The molecule has 0 atom stereocenters. The van der Waals surface area contributed by atoms with Gasteiger partial charge in [0.15, 0.2) is 0 Å². The maximum atomic E-state index is 12.5. The second-order valence-electron chi connectivity index (χ2n) is 7.77. The summed E-state index contributed by atoms with van der Waals surface area (Å²) in [6.07, 6.45) is 0. The van der Waals surface area contributed by atoms with Crippen LogP contribution < -0.4 is 11.1 Å². The van der Waals surface area contributed by atoms with Crippen molar-refractivity contribution < 1.29 is 9.34 Å². The monoisotopic (exact) mass is 482 g/mol. The van der Waals surface area contributed by atoms with Gasteiger partial charge in [-0.15, -0.1) is 11.3 Å². The van der Waals surface area contributed by atoms with E-state index in [4.69, 9.17) is 4.42 Å². The van der Waals surface area contributed by atoms with Gasteiger partial charge in [-0.3, -0.25) is 15.5 Å². The number of aryl methyl sites for hydroxylation is 1. The number of hydrogen-bond acceptors (Lipinski definition) is 8. The molecule has 2 heterocycles. The Morgan fingerprint density at radius 1 is 1.03 bits per heavy atom. The van der Waals surface area contributed by atoms with Gasteiger partial charge in [-0.25, -0.2) is 9.78 Å². The summed E-state index contributed by atoms with van der Waals surface area (Å²) in [6, 6.07) is 23.1. The summed E-state index contributed by atoms with van der Waals surface area (Å²) in [5.74, 6) is 0. The van der Waals surface area contributed by atoms with Crippen LogP contribution in [0.15, 0.2) is 98.6 Å². The van der Waals surface area contributed by atoms with Crippen molar-refractivity contribution in [2.45, 2.75) is 6.92 Å². The third-order valence-electron chi connectivity index (χ3n) is 5.36. The van der Waals surface area contributed by atoms with E-state index in [-0.39, 0.29) is 5.69 Å². The van der Waals surface area contributed by atoms with E-state index in [2.05, 4.69) is 15.5 Å². The fourth-order valence-corrected chi connectivity index (χ4v) is 4.19. The Balaban J connectivity index is 1.48. The van der Waals surface area contributed by atoms with Crippen LogP contribution in [0.5, 0.6) is 0 Å². The maximum Gasteiger partial charge on any atom is 0.345 e. The van der Waals surface area contributed by atoms with Crippen LogP contribution in [-0.4, -0.2) is 15.6 Å². The van der Waals surface area contributed by atoms with Crippen molar-refractivity contribution >= 4 is 38.8 Å². The van der Waals surface area contributed by atoms with Gasteiger partial charge in [0.25, 0.3) is 5.69 Å². The average molecular weight is 483 g/mol. The number of fused-ring (bicyclic) bond motifs is 1.